The molecule has 4 aliphatic heterocycles. The molecular weight excluding hydrogens is 1690 g/mol. The average molecular weight is 1840 g/mol. The van der Waals surface area contributed by atoms with E-state index in [2.05, 4.69) is 286 Å². The van der Waals surface area contributed by atoms with E-state index in [4.69, 9.17) is 18.9 Å². The van der Waals surface area contributed by atoms with Gasteiger partial charge in [-0.25, -0.2) is 33.5 Å². The maximum Gasteiger partial charge on any atom is 0.400 e. The molecule has 0 N–H and O–H groups in total. The maximum atomic E-state index is 11.6. The monoisotopic (exact) mass is 1830 g/mol. The Morgan fingerprint density at radius 3 is 0.611 bits per heavy atom. The van der Waals surface area contributed by atoms with Gasteiger partial charge in [0.2, 0.25) is 0 Å². The largest absolute Gasteiger partial charge is 0.463 e. The van der Waals surface area contributed by atoms with Crippen molar-refractivity contribution in [3.63, 3.8) is 0 Å². The van der Waals surface area contributed by atoms with Crippen LogP contribution >= 0.6 is 0 Å². The summed E-state index contributed by atoms with van der Waals surface area (Å²) in [5.74, 6) is -1.49. The summed E-state index contributed by atoms with van der Waals surface area (Å²) in [6, 6.07) is 0. The van der Waals surface area contributed by atoms with Crippen LogP contribution in [0.2, 0.25) is 0 Å². The van der Waals surface area contributed by atoms with Crippen LogP contribution in [-0.2, 0) is 113 Å². The number of carbonyl (C=O) groups is 4. The van der Waals surface area contributed by atoms with Gasteiger partial charge in [-0.05, 0) is 186 Å². The van der Waals surface area contributed by atoms with E-state index in [1.807, 2.05) is 30.4 Å². The normalized spacial score (nSPS) is 19.0. The zero-order chi connectivity index (χ0) is 91.9. The lowest BCUT2D eigenvalue weighted by atomic mass is 10.1. The standard InChI is InChI=1S/2C25H38O6S.C25H36O6S.C23H34O6S/c3*1-2-3-4-5-6-7-8-9-10-11-12-13-14-15-16-17-18-19-20-21-25(26)29-22-24-23-30-32(27,28)31-24;1-2-3-4-5-6-7-8-9-10-11-12-13-14-15-16-17-18-19-23(24)27-20-22-21-28-30(25,26)29-22/h6-7,9-10,12-13,15-16,18-19,24H,2-5,8,11,14,17,20-23H2,1H3;3-4,6-7,9-10,12-13,15-16,24H,2,5,8,11,14,17-23H2,1H3;3-4,6-7,9-10,12-13,15-16,18-19,24H,2,5,8,11,14,17,20-23H2,1H3;3-4,6-7,9-10,12-13,15-16,22H,2,5,8,11,14,17-21H2,1H3/b7-6-,10-9-,13-12-,16-15-,19-18-;4-3-,7-6-,10-9-,13-12-,16-15-;4-3-,7-6-,10-9-,13-12-,16-15-,19-18-;4-3-,7-6-,10-9-,13-12-,16-15-. The van der Waals surface area contributed by atoms with Gasteiger partial charge in [-0.2, -0.15) is 33.7 Å². The van der Waals surface area contributed by atoms with Crippen LogP contribution in [0, 0.1) is 0 Å². The molecule has 4 heterocycles. The van der Waals surface area contributed by atoms with Crippen molar-refractivity contribution in [2.24, 2.45) is 0 Å². The van der Waals surface area contributed by atoms with Gasteiger partial charge in [0.25, 0.3) is 0 Å². The van der Waals surface area contributed by atoms with Crippen molar-refractivity contribution in [2.75, 3.05) is 52.9 Å². The Hall–Kier alpha value is -8.10. The predicted molar refractivity (Wildman–Crippen MR) is 504 cm³/mol. The van der Waals surface area contributed by atoms with Crippen LogP contribution in [0.3, 0.4) is 0 Å². The summed E-state index contributed by atoms with van der Waals surface area (Å²) in [5, 5.41) is 0. The summed E-state index contributed by atoms with van der Waals surface area (Å²) in [5.41, 5.74) is 0. The fraction of sp³-hybridized carbons (Fsp3) is 0.531. The second-order valence-electron chi connectivity index (χ2n) is 28.6. The van der Waals surface area contributed by atoms with Gasteiger partial charge >= 0.3 is 65.5 Å². The van der Waals surface area contributed by atoms with E-state index < -0.39 is 72.0 Å². The lowest BCUT2D eigenvalue weighted by molar-refractivity contribution is -0.146. The van der Waals surface area contributed by atoms with Crippen LogP contribution in [0.25, 0.3) is 0 Å². The van der Waals surface area contributed by atoms with E-state index in [-0.39, 0.29) is 90.0 Å². The molecule has 0 amide bonds. The molecule has 0 radical (unpaired) electrons. The SMILES string of the molecule is CC/C=C\C/C=C\C/C=C\C/C=C\C/C=C\C/C=C\CCC(=O)OCC1COS(=O)(=O)O1.CC/C=C\C/C=C\C/C=C\C/C=C\C/C=C\CCCC(=O)OCC1COS(=O)(=O)O1.CC/C=C\C/C=C\C/C=C\C/C=C\C/C=C\CCCCCC(=O)OCC1COS(=O)(=O)O1.CCCCC/C=C\C/C=C\C/C=C\C/C=C\C/C=C\CCC(=O)OCC1COS(=O)(=O)O1. The molecule has 0 aromatic heterocycles. The summed E-state index contributed by atoms with van der Waals surface area (Å²) in [6.45, 7) is 7.72. The number of hydrogen-bond donors (Lipinski definition) is 0. The molecule has 4 fully saturated rings. The van der Waals surface area contributed by atoms with Gasteiger partial charge in [-0.15, -0.1) is 0 Å². The van der Waals surface area contributed by atoms with E-state index in [9.17, 15) is 52.8 Å². The third kappa shape index (κ3) is 80.5. The fourth-order valence-electron chi connectivity index (χ4n) is 10.5. The van der Waals surface area contributed by atoms with Crippen molar-refractivity contribution in [3.8, 4) is 0 Å². The Labute approximate surface area is 757 Å². The molecule has 4 unspecified atom stereocenters. The molecule has 28 heteroatoms. The Morgan fingerprint density at radius 1 is 0.222 bits per heavy atom. The lowest BCUT2D eigenvalue weighted by Gasteiger charge is -2.07. The molecule has 126 heavy (non-hydrogen) atoms. The Morgan fingerprint density at radius 2 is 0.405 bits per heavy atom. The molecular formula is C98H146O24S4. The minimum Gasteiger partial charge on any atom is -0.463 e. The third-order valence-electron chi connectivity index (χ3n) is 17.2. The van der Waals surface area contributed by atoms with Crippen molar-refractivity contribution in [2.45, 2.75) is 283 Å². The van der Waals surface area contributed by atoms with E-state index in [0.717, 1.165) is 161 Å². The zero-order valence-corrected chi connectivity index (χ0v) is 78.4. The van der Waals surface area contributed by atoms with Crippen molar-refractivity contribution in [3.05, 3.63) is 255 Å². The van der Waals surface area contributed by atoms with Crippen LogP contribution in [0.15, 0.2) is 255 Å². The first kappa shape index (κ1) is 116. The number of carbonyl (C=O) groups excluding carboxylic acids is 4. The van der Waals surface area contributed by atoms with Gasteiger partial charge in [0.05, 0.1) is 26.4 Å². The summed E-state index contributed by atoms with van der Waals surface area (Å²) in [6.07, 6.45) is 119. The predicted octanol–water partition coefficient (Wildman–Crippen LogP) is 22.6. The van der Waals surface area contributed by atoms with E-state index in [0.29, 0.717) is 25.7 Å². The van der Waals surface area contributed by atoms with E-state index >= 15 is 0 Å². The number of allylic oxidation sites excluding steroid dienone is 42. The molecule has 0 aromatic carbocycles. The van der Waals surface area contributed by atoms with Gasteiger partial charge in [-0.1, -0.05) is 302 Å². The highest BCUT2D eigenvalue weighted by Crippen LogP contribution is 2.18. The van der Waals surface area contributed by atoms with Gasteiger partial charge < -0.3 is 18.9 Å². The molecule has 0 saturated carbocycles. The van der Waals surface area contributed by atoms with Gasteiger partial charge in [0.1, 0.15) is 50.8 Å². The Bertz CT molecular complexity index is 4020. The topological polar surface area (TPSA) is 316 Å². The summed E-state index contributed by atoms with van der Waals surface area (Å²) < 4.78 is 144. The highest BCUT2D eigenvalue weighted by molar-refractivity contribution is 7.82. The second-order valence-corrected chi connectivity index (χ2v) is 33.6. The number of hydrogen-bond acceptors (Lipinski definition) is 24. The van der Waals surface area contributed by atoms with Crippen LogP contribution in [0.1, 0.15) is 259 Å². The molecule has 4 saturated heterocycles. The van der Waals surface area contributed by atoms with Crippen molar-refractivity contribution < 1.29 is 105 Å². The highest BCUT2D eigenvalue weighted by atomic mass is 32.3. The number of esters is 4. The first-order valence-corrected chi connectivity index (χ1v) is 50.0. The molecule has 0 aromatic rings. The van der Waals surface area contributed by atoms with Crippen LogP contribution in [-0.4, -0.2) is 135 Å². The molecule has 4 aliphatic rings. The van der Waals surface area contributed by atoms with Gasteiger partial charge in [0, 0.05) is 25.7 Å². The minimum absolute atomic E-state index is 0.0991. The fourth-order valence-corrected chi connectivity index (χ4v) is 13.8. The summed E-state index contributed by atoms with van der Waals surface area (Å²) in [4.78, 5) is 46.5. The zero-order valence-electron chi connectivity index (χ0n) is 75.1. The molecule has 0 aliphatic carbocycles. The van der Waals surface area contributed by atoms with E-state index in [1.165, 1.54) is 25.7 Å². The first-order chi connectivity index (χ1) is 61.1. The quantitative estimate of drug-likeness (QED) is 0.0236. The van der Waals surface area contributed by atoms with Crippen LogP contribution < -0.4 is 0 Å². The molecule has 706 valence electrons. The highest BCUT2D eigenvalue weighted by Gasteiger charge is 2.34. The molecule has 4 rings (SSSR count). The number of unbranched alkanes of at least 4 members (excludes halogenated alkanes) is 7. The van der Waals surface area contributed by atoms with E-state index in [1.54, 1.807) is 0 Å². The summed E-state index contributed by atoms with van der Waals surface area (Å²) in [7, 11) is -15.6. The van der Waals surface area contributed by atoms with Crippen molar-refractivity contribution >= 4 is 65.5 Å². The second kappa shape index (κ2) is 82.6. The molecule has 24 nitrogen and oxygen atoms in total. The van der Waals surface area contributed by atoms with Gasteiger partial charge in [-0.3, -0.25) is 19.2 Å². The third-order valence-corrected chi connectivity index (χ3v) is 20.9. The minimum atomic E-state index is -3.91. The number of ether oxygens (including phenoxy) is 4. The summed E-state index contributed by atoms with van der Waals surface area (Å²) >= 11 is 0. The Balaban J connectivity index is 0.000000840. The van der Waals surface area contributed by atoms with Crippen molar-refractivity contribution in [1.82, 2.24) is 0 Å². The average Bonchev–Trinajstić information content (AvgIpc) is 1.76. The van der Waals surface area contributed by atoms with Crippen molar-refractivity contribution in [1.29, 1.82) is 0 Å². The molecule has 0 bridgehead atoms. The maximum absolute atomic E-state index is 11.6. The lowest BCUT2D eigenvalue weighted by Crippen LogP contribution is -2.20. The number of rotatable bonds is 65. The van der Waals surface area contributed by atoms with Crippen LogP contribution in [0.4, 0.5) is 0 Å². The first-order valence-electron chi connectivity index (χ1n) is 44.7. The van der Waals surface area contributed by atoms with Gasteiger partial charge in [0.15, 0.2) is 0 Å². The molecule has 0 spiro atoms. The Kier molecular flexibility index (Phi) is 76.0. The smallest absolute Gasteiger partial charge is 0.400 e. The molecule has 4 atom stereocenters. The van der Waals surface area contributed by atoms with Crippen LogP contribution in [0.5, 0.6) is 0 Å².